The molecule has 0 fully saturated rings. The highest BCUT2D eigenvalue weighted by molar-refractivity contribution is 5.60. The van der Waals surface area contributed by atoms with Gasteiger partial charge < -0.3 is 4.98 Å². The van der Waals surface area contributed by atoms with E-state index in [9.17, 15) is 0 Å². The summed E-state index contributed by atoms with van der Waals surface area (Å²) in [5, 5.41) is 8.62. The Balaban J connectivity index is 2.43. The molecular formula is C11H8N2. The van der Waals surface area contributed by atoms with Crippen LogP contribution in [0, 0.1) is 11.3 Å². The Morgan fingerprint density at radius 1 is 1.00 bits per heavy atom. The Bertz CT molecular complexity index is 435. The van der Waals surface area contributed by atoms with Crippen LogP contribution in [0.1, 0.15) is 5.69 Å². The first-order valence-corrected chi connectivity index (χ1v) is 4.04. The molecule has 0 spiro atoms. The van der Waals surface area contributed by atoms with Gasteiger partial charge in [-0.2, -0.15) is 5.26 Å². The molecule has 0 atom stereocenters. The lowest BCUT2D eigenvalue weighted by Gasteiger charge is -1.94. The highest BCUT2D eigenvalue weighted by Crippen LogP contribution is 2.17. The van der Waals surface area contributed by atoms with Crippen LogP contribution in [-0.2, 0) is 0 Å². The van der Waals surface area contributed by atoms with E-state index < -0.39 is 0 Å². The summed E-state index contributed by atoms with van der Waals surface area (Å²) in [5.74, 6) is 0. The minimum atomic E-state index is 0.596. The van der Waals surface area contributed by atoms with E-state index in [2.05, 4.69) is 11.1 Å². The minimum Gasteiger partial charge on any atom is -0.346 e. The van der Waals surface area contributed by atoms with Crippen molar-refractivity contribution in [3.63, 3.8) is 0 Å². The Morgan fingerprint density at radius 3 is 2.38 bits per heavy atom. The molecule has 0 aliphatic carbocycles. The predicted molar refractivity (Wildman–Crippen MR) is 50.9 cm³/mol. The lowest BCUT2D eigenvalue weighted by Crippen LogP contribution is -1.76. The second kappa shape index (κ2) is 3.16. The molecule has 0 radical (unpaired) electrons. The van der Waals surface area contributed by atoms with Gasteiger partial charge in [-0.05, 0) is 17.7 Å². The van der Waals surface area contributed by atoms with Gasteiger partial charge in [0, 0.05) is 5.69 Å². The van der Waals surface area contributed by atoms with Crippen LogP contribution < -0.4 is 0 Å². The summed E-state index contributed by atoms with van der Waals surface area (Å²) < 4.78 is 0. The quantitative estimate of drug-likeness (QED) is 0.698. The van der Waals surface area contributed by atoms with E-state index in [0.29, 0.717) is 5.69 Å². The van der Waals surface area contributed by atoms with Crippen molar-refractivity contribution in [1.82, 2.24) is 4.98 Å². The summed E-state index contributed by atoms with van der Waals surface area (Å²) >= 11 is 0. The van der Waals surface area contributed by atoms with E-state index in [4.69, 9.17) is 5.26 Å². The highest BCUT2D eigenvalue weighted by Gasteiger charge is 1.98. The molecule has 2 heteroatoms. The lowest BCUT2D eigenvalue weighted by molar-refractivity contribution is 1.33. The summed E-state index contributed by atoms with van der Waals surface area (Å²) in [5.41, 5.74) is 2.68. The molecule has 62 valence electrons. The van der Waals surface area contributed by atoms with Crippen LogP contribution in [0.5, 0.6) is 0 Å². The van der Waals surface area contributed by atoms with E-state index in [1.165, 1.54) is 0 Å². The molecule has 0 unspecified atom stereocenters. The van der Waals surface area contributed by atoms with Gasteiger partial charge in [-0.25, -0.2) is 0 Å². The van der Waals surface area contributed by atoms with Crippen molar-refractivity contribution in [2.45, 2.75) is 0 Å². The third-order valence-electron chi connectivity index (χ3n) is 1.89. The summed E-state index contributed by atoms with van der Waals surface area (Å²) in [6, 6.07) is 15.7. The van der Waals surface area contributed by atoms with Crippen LogP contribution >= 0.6 is 0 Å². The minimum absolute atomic E-state index is 0.596. The van der Waals surface area contributed by atoms with Crippen molar-refractivity contribution in [3.05, 3.63) is 48.2 Å². The first kappa shape index (κ1) is 7.63. The van der Waals surface area contributed by atoms with Gasteiger partial charge in [0.1, 0.15) is 11.8 Å². The smallest absolute Gasteiger partial charge is 0.118 e. The number of aromatic amines is 1. The molecule has 1 aromatic carbocycles. The van der Waals surface area contributed by atoms with E-state index in [-0.39, 0.29) is 0 Å². The molecule has 1 aromatic heterocycles. The number of aromatic nitrogens is 1. The van der Waals surface area contributed by atoms with E-state index in [1.54, 1.807) is 6.07 Å². The summed E-state index contributed by atoms with van der Waals surface area (Å²) in [6.07, 6.45) is 0. The summed E-state index contributed by atoms with van der Waals surface area (Å²) in [7, 11) is 0. The molecule has 2 aromatic rings. The van der Waals surface area contributed by atoms with Gasteiger partial charge in [0.2, 0.25) is 0 Å². The monoisotopic (exact) mass is 168 g/mol. The van der Waals surface area contributed by atoms with Crippen LogP contribution in [0.4, 0.5) is 0 Å². The average molecular weight is 168 g/mol. The second-order valence-corrected chi connectivity index (χ2v) is 2.76. The van der Waals surface area contributed by atoms with Crippen molar-refractivity contribution in [1.29, 1.82) is 5.26 Å². The second-order valence-electron chi connectivity index (χ2n) is 2.76. The van der Waals surface area contributed by atoms with Gasteiger partial charge in [-0.1, -0.05) is 30.3 Å². The fourth-order valence-electron chi connectivity index (χ4n) is 1.25. The van der Waals surface area contributed by atoms with E-state index >= 15 is 0 Å². The Labute approximate surface area is 76.5 Å². The van der Waals surface area contributed by atoms with Crippen LogP contribution in [0.25, 0.3) is 11.3 Å². The van der Waals surface area contributed by atoms with Gasteiger partial charge in [-0.15, -0.1) is 0 Å². The van der Waals surface area contributed by atoms with Crippen LogP contribution in [0.2, 0.25) is 0 Å². The van der Waals surface area contributed by atoms with Gasteiger partial charge in [0.15, 0.2) is 0 Å². The SMILES string of the molecule is N#Cc1ccc(-c2ccccc2)[nH]1. The van der Waals surface area contributed by atoms with E-state index in [1.807, 2.05) is 36.4 Å². The maximum absolute atomic E-state index is 8.62. The van der Waals surface area contributed by atoms with Gasteiger partial charge in [-0.3, -0.25) is 0 Å². The molecular weight excluding hydrogens is 160 g/mol. The van der Waals surface area contributed by atoms with Crippen molar-refractivity contribution in [2.24, 2.45) is 0 Å². The molecule has 0 bridgehead atoms. The van der Waals surface area contributed by atoms with Gasteiger partial charge in [0.05, 0.1) is 0 Å². The van der Waals surface area contributed by atoms with Crippen molar-refractivity contribution < 1.29 is 0 Å². The van der Waals surface area contributed by atoms with Crippen molar-refractivity contribution >= 4 is 0 Å². The number of nitriles is 1. The zero-order chi connectivity index (χ0) is 9.10. The Kier molecular flexibility index (Phi) is 1.85. The number of nitrogens with one attached hydrogen (secondary N) is 1. The fourth-order valence-corrected chi connectivity index (χ4v) is 1.25. The molecule has 2 rings (SSSR count). The molecule has 0 saturated carbocycles. The van der Waals surface area contributed by atoms with Crippen molar-refractivity contribution in [3.8, 4) is 17.3 Å². The molecule has 0 aliphatic heterocycles. The number of nitrogens with zero attached hydrogens (tertiary/aromatic N) is 1. The lowest BCUT2D eigenvalue weighted by atomic mass is 10.2. The van der Waals surface area contributed by atoms with Crippen LogP contribution in [0.3, 0.4) is 0 Å². The maximum atomic E-state index is 8.62. The molecule has 13 heavy (non-hydrogen) atoms. The average Bonchev–Trinajstić information content (AvgIpc) is 2.67. The van der Waals surface area contributed by atoms with Gasteiger partial charge in [0.25, 0.3) is 0 Å². The Morgan fingerprint density at radius 2 is 1.77 bits per heavy atom. The summed E-state index contributed by atoms with van der Waals surface area (Å²) in [6.45, 7) is 0. The largest absolute Gasteiger partial charge is 0.346 e. The molecule has 0 saturated heterocycles. The van der Waals surface area contributed by atoms with E-state index in [0.717, 1.165) is 11.3 Å². The van der Waals surface area contributed by atoms with Crippen molar-refractivity contribution in [2.75, 3.05) is 0 Å². The zero-order valence-electron chi connectivity index (χ0n) is 6.99. The van der Waals surface area contributed by atoms with Crippen LogP contribution in [0.15, 0.2) is 42.5 Å². The standard InChI is InChI=1S/C11H8N2/c12-8-10-6-7-11(13-10)9-4-2-1-3-5-9/h1-7,13H. The topological polar surface area (TPSA) is 39.6 Å². The zero-order valence-corrected chi connectivity index (χ0v) is 6.99. The first-order chi connectivity index (χ1) is 6.40. The molecule has 2 nitrogen and oxygen atoms in total. The summed E-state index contributed by atoms with van der Waals surface area (Å²) in [4.78, 5) is 3.02. The Hall–Kier alpha value is -2.01. The number of hydrogen-bond donors (Lipinski definition) is 1. The third-order valence-corrected chi connectivity index (χ3v) is 1.89. The number of H-pyrrole nitrogens is 1. The molecule has 1 N–H and O–H groups in total. The maximum Gasteiger partial charge on any atom is 0.118 e. The number of benzene rings is 1. The first-order valence-electron chi connectivity index (χ1n) is 4.04. The van der Waals surface area contributed by atoms with Crippen LogP contribution in [-0.4, -0.2) is 4.98 Å². The molecule has 1 heterocycles. The molecule has 0 aliphatic rings. The third kappa shape index (κ3) is 1.45. The fraction of sp³-hybridized carbons (Fsp3) is 0. The van der Waals surface area contributed by atoms with Gasteiger partial charge >= 0.3 is 0 Å². The molecule has 0 amide bonds. The normalized spacial score (nSPS) is 9.46. The predicted octanol–water partition coefficient (Wildman–Crippen LogP) is 2.55. The number of rotatable bonds is 1. The number of hydrogen-bond acceptors (Lipinski definition) is 1. The highest BCUT2D eigenvalue weighted by atomic mass is 14.7.